The highest BCUT2D eigenvalue weighted by molar-refractivity contribution is 5.82. The lowest BCUT2D eigenvalue weighted by atomic mass is 9.90. The van der Waals surface area contributed by atoms with Crippen molar-refractivity contribution in [2.75, 3.05) is 0 Å². The topological polar surface area (TPSA) is 37.3 Å². The third kappa shape index (κ3) is 12.0. The zero-order valence-corrected chi connectivity index (χ0v) is 15.7. The van der Waals surface area contributed by atoms with Gasteiger partial charge >= 0.3 is 0 Å². The Hall–Kier alpha value is -0.630. The van der Waals surface area contributed by atoms with Crippen molar-refractivity contribution in [3.63, 3.8) is 0 Å². The van der Waals surface area contributed by atoms with E-state index in [0.29, 0.717) is 24.7 Å². The molecule has 0 aromatic carbocycles. The minimum Gasteiger partial charge on any atom is -0.385 e. The molecule has 2 nitrogen and oxygen atoms in total. The van der Waals surface area contributed by atoms with Crippen LogP contribution in [0.5, 0.6) is 0 Å². The van der Waals surface area contributed by atoms with Gasteiger partial charge in [-0.2, -0.15) is 0 Å². The third-order valence-corrected chi connectivity index (χ3v) is 4.24. The van der Waals surface area contributed by atoms with E-state index in [1.165, 1.54) is 18.4 Å². The van der Waals surface area contributed by atoms with Crippen LogP contribution in [0, 0.1) is 17.8 Å². The maximum atomic E-state index is 12.1. The van der Waals surface area contributed by atoms with E-state index >= 15 is 0 Å². The van der Waals surface area contributed by atoms with Crippen molar-refractivity contribution >= 4 is 5.78 Å². The van der Waals surface area contributed by atoms with Crippen molar-refractivity contribution in [3.05, 3.63) is 11.6 Å². The van der Waals surface area contributed by atoms with Crippen LogP contribution in [0.3, 0.4) is 0 Å². The van der Waals surface area contributed by atoms with Gasteiger partial charge < -0.3 is 5.11 Å². The fourth-order valence-corrected chi connectivity index (χ4v) is 2.74. The number of carbonyl (C=O) groups is 1. The molecule has 0 fully saturated rings. The lowest BCUT2D eigenvalue weighted by molar-refractivity contribution is -0.128. The molecule has 0 saturated heterocycles. The average Bonchev–Trinajstić information content (AvgIpc) is 2.37. The summed E-state index contributed by atoms with van der Waals surface area (Å²) in [6.45, 7) is 12.9. The van der Waals surface area contributed by atoms with Crippen LogP contribution in [0.1, 0.15) is 86.5 Å². The van der Waals surface area contributed by atoms with E-state index in [1.807, 2.05) is 0 Å². The fraction of sp³-hybridized carbons (Fsp3) is 0.850. The minimum atomic E-state index is -0.764. The molecule has 0 saturated carbocycles. The lowest BCUT2D eigenvalue weighted by Crippen LogP contribution is -2.24. The van der Waals surface area contributed by atoms with Gasteiger partial charge in [-0.1, -0.05) is 58.6 Å². The molecule has 22 heavy (non-hydrogen) atoms. The number of aliphatic hydroxyl groups excluding tert-OH is 1. The van der Waals surface area contributed by atoms with Crippen molar-refractivity contribution in [2.24, 2.45) is 17.8 Å². The highest BCUT2D eigenvalue weighted by Gasteiger charge is 2.20. The summed E-state index contributed by atoms with van der Waals surface area (Å²) in [5, 5.41) is 10.1. The zero-order chi connectivity index (χ0) is 17.1. The highest BCUT2D eigenvalue weighted by Crippen LogP contribution is 2.19. The second kappa shape index (κ2) is 11.9. The molecule has 0 radical (unpaired) electrons. The first kappa shape index (κ1) is 21.4. The Labute approximate surface area is 138 Å². The van der Waals surface area contributed by atoms with Gasteiger partial charge in [0.2, 0.25) is 0 Å². The Morgan fingerprint density at radius 3 is 2.18 bits per heavy atom. The molecule has 0 heterocycles. The van der Waals surface area contributed by atoms with Crippen molar-refractivity contribution in [1.29, 1.82) is 0 Å². The third-order valence-electron chi connectivity index (χ3n) is 4.24. The summed E-state index contributed by atoms with van der Waals surface area (Å²) >= 11 is 0. The number of ketones is 1. The normalized spacial score (nSPS) is 15.5. The molecule has 1 N–H and O–H groups in total. The van der Waals surface area contributed by atoms with E-state index < -0.39 is 6.10 Å². The summed E-state index contributed by atoms with van der Waals surface area (Å²) in [5.74, 6) is 1.55. The maximum absolute atomic E-state index is 12.1. The van der Waals surface area contributed by atoms with Gasteiger partial charge in [-0.15, -0.1) is 0 Å². The Morgan fingerprint density at radius 2 is 1.64 bits per heavy atom. The molecule has 0 aliphatic heterocycles. The van der Waals surface area contributed by atoms with Crippen molar-refractivity contribution < 1.29 is 9.90 Å². The van der Waals surface area contributed by atoms with Gasteiger partial charge in [0.05, 0.1) is 0 Å². The summed E-state index contributed by atoms with van der Waals surface area (Å²) < 4.78 is 0. The van der Waals surface area contributed by atoms with Crippen molar-refractivity contribution in [2.45, 2.75) is 92.6 Å². The molecule has 3 atom stereocenters. The molecule has 0 aliphatic rings. The summed E-state index contributed by atoms with van der Waals surface area (Å²) in [7, 11) is 0. The number of carbonyl (C=O) groups excluding carboxylic acids is 1. The van der Waals surface area contributed by atoms with E-state index in [4.69, 9.17) is 0 Å². The quantitative estimate of drug-likeness (QED) is 0.480. The highest BCUT2D eigenvalue weighted by atomic mass is 16.3. The predicted molar refractivity (Wildman–Crippen MR) is 95.9 cm³/mol. The monoisotopic (exact) mass is 310 g/mol. The van der Waals surface area contributed by atoms with E-state index in [1.54, 1.807) is 0 Å². The van der Waals surface area contributed by atoms with Gasteiger partial charge in [-0.3, -0.25) is 4.79 Å². The van der Waals surface area contributed by atoms with Gasteiger partial charge in [0.25, 0.3) is 0 Å². The van der Waals surface area contributed by atoms with Crippen LogP contribution in [0.25, 0.3) is 0 Å². The molecule has 0 amide bonds. The van der Waals surface area contributed by atoms with Crippen LogP contribution in [0.4, 0.5) is 0 Å². The summed E-state index contributed by atoms with van der Waals surface area (Å²) in [4.78, 5) is 12.1. The van der Waals surface area contributed by atoms with Crippen LogP contribution < -0.4 is 0 Å². The summed E-state index contributed by atoms with van der Waals surface area (Å²) in [5.41, 5.74) is 1.33. The second-order valence-electron chi connectivity index (χ2n) is 7.82. The molecule has 0 bridgehead atoms. The molecule has 0 aromatic rings. The van der Waals surface area contributed by atoms with Crippen molar-refractivity contribution in [1.82, 2.24) is 0 Å². The number of rotatable bonds is 12. The first-order valence-corrected chi connectivity index (χ1v) is 9.06. The molecular weight excluding hydrogens is 272 g/mol. The fourth-order valence-electron chi connectivity index (χ4n) is 2.74. The van der Waals surface area contributed by atoms with Gasteiger partial charge in [-0.25, -0.2) is 0 Å². The standard InChI is InChI=1S/C20H38O2/c1-15(2)9-7-11-17(5)13-19(21)20(22)14-18(6)12-8-10-16(3)4/h9,16-18,20,22H,7-8,10-14H2,1-6H3. The van der Waals surface area contributed by atoms with Crippen LogP contribution in [-0.2, 0) is 4.79 Å². The largest absolute Gasteiger partial charge is 0.385 e. The number of hydrogen-bond acceptors (Lipinski definition) is 2. The van der Waals surface area contributed by atoms with Gasteiger partial charge in [0.1, 0.15) is 6.10 Å². The molecule has 0 aromatic heterocycles. The molecule has 130 valence electrons. The van der Waals surface area contributed by atoms with Gasteiger partial charge in [0, 0.05) is 6.42 Å². The molecule has 0 rings (SSSR count). The lowest BCUT2D eigenvalue weighted by Gasteiger charge is -2.18. The number of allylic oxidation sites excluding steroid dienone is 2. The molecule has 0 aliphatic carbocycles. The maximum Gasteiger partial charge on any atom is 0.161 e. The van der Waals surface area contributed by atoms with Crippen LogP contribution in [0.2, 0.25) is 0 Å². The van der Waals surface area contributed by atoms with Crippen molar-refractivity contribution in [3.8, 4) is 0 Å². The van der Waals surface area contributed by atoms with E-state index in [2.05, 4.69) is 47.6 Å². The Balaban J connectivity index is 3.97. The number of Topliss-reactive ketones (excluding diaryl/α,β-unsaturated/α-hetero) is 1. The van der Waals surface area contributed by atoms with Gasteiger partial charge in [-0.05, 0) is 50.9 Å². The number of aliphatic hydroxyl groups is 1. The van der Waals surface area contributed by atoms with Crippen LogP contribution in [0.15, 0.2) is 11.6 Å². The van der Waals surface area contributed by atoms with Crippen LogP contribution >= 0.6 is 0 Å². The van der Waals surface area contributed by atoms with E-state index in [9.17, 15) is 9.90 Å². The Kier molecular flexibility index (Phi) is 11.5. The minimum absolute atomic E-state index is 0.0282. The first-order valence-electron chi connectivity index (χ1n) is 9.06. The average molecular weight is 311 g/mol. The van der Waals surface area contributed by atoms with Crippen LogP contribution in [-0.4, -0.2) is 17.0 Å². The first-order chi connectivity index (χ1) is 10.2. The Bertz CT molecular complexity index is 327. The SMILES string of the molecule is CC(C)=CCCC(C)CC(=O)C(O)CC(C)CCCC(C)C. The Morgan fingerprint density at radius 1 is 1.00 bits per heavy atom. The second-order valence-corrected chi connectivity index (χ2v) is 7.82. The van der Waals surface area contributed by atoms with E-state index in [0.717, 1.165) is 25.2 Å². The zero-order valence-electron chi connectivity index (χ0n) is 15.7. The van der Waals surface area contributed by atoms with Gasteiger partial charge in [0.15, 0.2) is 5.78 Å². The smallest absolute Gasteiger partial charge is 0.161 e. The summed E-state index contributed by atoms with van der Waals surface area (Å²) in [6, 6.07) is 0. The summed E-state index contributed by atoms with van der Waals surface area (Å²) in [6.07, 6.45) is 8.17. The molecule has 0 spiro atoms. The van der Waals surface area contributed by atoms with E-state index in [-0.39, 0.29) is 5.78 Å². The molecular formula is C20H38O2. The predicted octanol–water partition coefficient (Wildman–Crippen LogP) is 5.54. The number of hydrogen-bond donors (Lipinski definition) is 1. The molecule has 3 unspecified atom stereocenters. The molecule has 2 heteroatoms.